The second-order valence-corrected chi connectivity index (χ2v) is 6.94. The van der Waals surface area contributed by atoms with Crippen LogP contribution < -0.4 is 9.64 Å². The van der Waals surface area contributed by atoms with E-state index in [4.69, 9.17) is 16.3 Å². The van der Waals surface area contributed by atoms with Gasteiger partial charge in [-0.15, -0.1) is 0 Å². The SMILES string of the molecule is Clc1cccnc1OCC1CCCN(c2ncnc3c2CCC3)C1. The molecule has 1 atom stereocenters. The van der Waals surface area contributed by atoms with Crippen LogP contribution in [0.1, 0.15) is 30.5 Å². The van der Waals surface area contributed by atoms with Crippen LogP contribution in [0.15, 0.2) is 24.7 Å². The van der Waals surface area contributed by atoms with Crippen molar-refractivity contribution in [2.45, 2.75) is 32.1 Å². The monoisotopic (exact) mass is 344 g/mol. The number of aryl methyl sites for hydroxylation is 1. The number of aromatic nitrogens is 3. The highest BCUT2D eigenvalue weighted by molar-refractivity contribution is 6.31. The highest BCUT2D eigenvalue weighted by Gasteiger charge is 2.26. The smallest absolute Gasteiger partial charge is 0.232 e. The molecule has 0 saturated carbocycles. The van der Waals surface area contributed by atoms with E-state index in [0.29, 0.717) is 23.4 Å². The third-order valence-electron chi connectivity index (χ3n) is 4.85. The lowest BCUT2D eigenvalue weighted by Gasteiger charge is -2.34. The van der Waals surface area contributed by atoms with E-state index in [-0.39, 0.29) is 0 Å². The summed E-state index contributed by atoms with van der Waals surface area (Å²) < 4.78 is 5.85. The van der Waals surface area contributed by atoms with Crippen molar-refractivity contribution in [3.8, 4) is 5.88 Å². The zero-order valence-electron chi connectivity index (χ0n) is 13.6. The van der Waals surface area contributed by atoms with E-state index in [1.165, 1.54) is 17.7 Å². The van der Waals surface area contributed by atoms with Gasteiger partial charge in [0, 0.05) is 36.5 Å². The first-order valence-electron chi connectivity index (χ1n) is 8.62. The highest BCUT2D eigenvalue weighted by Crippen LogP contribution is 2.31. The molecule has 0 aromatic carbocycles. The quantitative estimate of drug-likeness (QED) is 0.851. The molecule has 0 radical (unpaired) electrons. The Morgan fingerprint density at radius 1 is 1.21 bits per heavy atom. The van der Waals surface area contributed by atoms with Crippen LogP contribution in [-0.2, 0) is 12.8 Å². The van der Waals surface area contributed by atoms with Crippen LogP contribution in [0, 0.1) is 5.92 Å². The number of nitrogens with zero attached hydrogens (tertiary/aromatic N) is 4. The normalized spacial score (nSPS) is 20.0. The average Bonchev–Trinajstić information content (AvgIpc) is 3.10. The topological polar surface area (TPSA) is 51.1 Å². The Hall–Kier alpha value is -1.88. The maximum absolute atomic E-state index is 6.12. The molecule has 0 spiro atoms. The zero-order chi connectivity index (χ0) is 16.4. The summed E-state index contributed by atoms with van der Waals surface area (Å²) >= 11 is 6.12. The molecule has 2 aromatic heterocycles. The van der Waals surface area contributed by atoms with Gasteiger partial charge in [0.1, 0.15) is 17.2 Å². The first-order chi connectivity index (χ1) is 11.8. The van der Waals surface area contributed by atoms with Crippen molar-refractivity contribution in [3.05, 3.63) is 40.9 Å². The van der Waals surface area contributed by atoms with Gasteiger partial charge in [-0.1, -0.05) is 11.6 Å². The minimum Gasteiger partial charge on any atom is -0.476 e. The van der Waals surface area contributed by atoms with E-state index >= 15 is 0 Å². The predicted molar refractivity (Wildman–Crippen MR) is 93.7 cm³/mol. The van der Waals surface area contributed by atoms with E-state index < -0.39 is 0 Å². The molecule has 3 heterocycles. The zero-order valence-corrected chi connectivity index (χ0v) is 14.4. The van der Waals surface area contributed by atoms with Crippen LogP contribution in [0.4, 0.5) is 5.82 Å². The molecule has 1 aliphatic carbocycles. The van der Waals surface area contributed by atoms with Crippen molar-refractivity contribution in [2.24, 2.45) is 5.92 Å². The van der Waals surface area contributed by atoms with Crippen LogP contribution in [0.2, 0.25) is 5.02 Å². The van der Waals surface area contributed by atoms with Crippen molar-refractivity contribution in [1.29, 1.82) is 0 Å². The molecule has 1 fully saturated rings. The lowest BCUT2D eigenvalue weighted by Crippen LogP contribution is -2.38. The number of ether oxygens (including phenoxy) is 1. The van der Waals surface area contributed by atoms with Gasteiger partial charge in [-0.3, -0.25) is 0 Å². The molecule has 126 valence electrons. The van der Waals surface area contributed by atoms with E-state index in [1.807, 2.05) is 6.07 Å². The number of fused-ring (bicyclic) bond motifs is 1. The minimum absolute atomic E-state index is 0.462. The third-order valence-corrected chi connectivity index (χ3v) is 5.14. The Labute approximate surface area is 147 Å². The summed E-state index contributed by atoms with van der Waals surface area (Å²) in [6.07, 6.45) is 9.12. The molecular formula is C18H21ClN4O. The Morgan fingerprint density at radius 3 is 3.08 bits per heavy atom. The van der Waals surface area contributed by atoms with Gasteiger partial charge in [0.15, 0.2) is 0 Å². The molecule has 2 aromatic rings. The highest BCUT2D eigenvalue weighted by atomic mass is 35.5. The van der Waals surface area contributed by atoms with E-state index in [1.54, 1.807) is 18.6 Å². The Balaban J connectivity index is 1.43. The maximum atomic E-state index is 6.12. The molecule has 5 nitrogen and oxygen atoms in total. The number of hydrogen-bond donors (Lipinski definition) is 0. The minimum atomic E-state index is 0.462. The van der Waals surface area contributed by atoms with Crippen molar-refractivity contribution in [1.82, 2.24) is 15.0 Å². The van der Waals surface area contributed by atoms with Gasteiger partial charge in [-0.2, -0.15) is 0 Å². The first-order valence-corrected chi connectivity index (χ1v) is 9.00. The largest absolute Gasteiger partial charge is 0.476 e. The lowest BCUT2D eigenvalue weighted by molar-refractivity contribution is 0.221. The fourth-order valence-electron chi connectivity index (χ4n) is 3.68. The summed E-state index contributed by atoms with van der Waals surface area (Å²) in [5.74, 6) is 2.13. The van der Waals surface area contributed by atoms with Gasteiger partial charge in [0.2, 0.25) is 5.88 Å². The summed E-state index contributed by atoms with van der Waals surface area (Å²) in [5, 5.41) is 0.568. The van der Waals surface area contributed by atoms with Gasteiger partial charge in [0.05, 0.1) is 6.61 Å². The van der Waals surface area contributed by atoms with Crippen molar-refractivity contribution in [3.63, 3.8) is 0 Å². The molecule has 24 heavy (non-hydrogen) atoms. The second-order valence-electron chi connectivity index (χ2n) is 6.53. The second kappa shape index (κ2) is 6.93. The Morgan fingerprint density at radius 2 is 2.17 bits per heavy atom. The van der Waals surface area contributed by atoms with Gasteiger partial charge >= 0.3 is 0 Å². The first kappa shape index (κ1) is 15.6. The van der Waals surface area contributed by atoms with Crippen molar-refractivity contribution >= 4 is 17.4 Å². The summed E-state index contributed by atoms with van der Waals surface area (Å²) in [6.45, 7) is 2.67. The number of anilines is 1. The maximum Gasteiger partial charge on any atom is 0.232 e. The van der Waals surface area contributed by atoms with Gasteiger partial charge in [-0.25, -0.2) is 15.0 Å². The van der Waals surface area contributed by atoms with Gasteiger partial charge in [-0.05, 0) is 44.2 Å². The van der Waals surface area contributed by atoms with Gasteiger partial charge < -0.3 is 9.64 Å². The summed E-state index contributed by atoms with van der Waals surface area (Å²) in [7, 11) is 0. The number of rotatable bonds is 4. The molecule has 6 heteroatoms. The number of halogens is 1. The van der Waals surface area contributed by atoms with E-state index in [0.717, 1.165) is 44.6 Å². The number of pyridine rings is 1. The van der Waals surface area contributed by atoms with Crippen molar-refractivity contribution < 1.29 is 4.74 Å². The van der Waals surface area contributed by atoms with Crippen LogP contribution in [0.25, 0.3) is 0 Å². The fourth-order valence-corrected chi connectivity index (χ4v) is 3.86. The molecule has 0 N–H and O–H groups in total. The number of hydrogen-bond acceptors (Lipinski definition) is 5. The number of piperidine rings is 1. The standard InChI is InChI=1S/C18H21ClN4O/c19-15-6-2-8-20-18(15)24-11-13-4-3-9-23(10-13)17-14-5-1-7-16(14)21-12-22-17/h2,6,8,12-13H,1,3-5,7,9-11H2. The Kier molecular flexibility index (Phi) is 4.52. The van der Waals surface area contributed by atoms with Crippen molar-refractivity contribution in [2.75, 3.05) is 24.6 Å². The molecule has 1 aliphatic heterocycles. The molecule has 1 unspecified atom stereocenters. The predicted octanol–water partition coefficient (Wildman–Crippen LogP) is 3.31. The summed E-state index contributed by atoms with van der Waals surface area (Å²) in [6, 6.07) is 3.62. The summed E-state index contributed by atoms with van der Waals surface area (Å²) in [4.78, 5) is 15.6. The average molecular weight is 345 g/mol. The van der Waals surface area contributed by atoms with E-state index in [2.05, 4.69) is 19.9 Å². The molecule has 0 bridgehead atoms. The molecule has 1 saturated heterocycles. The molecule has 0 amide bonds. The Bertz CT molecular complexity index is 724. The van der Waals surface area contributed by atoms with Crippen LogP contribution in [0.3, 0.4) is 0 Å². The molecule has 4 rings (SSSR count). The third kappa shape index (κ3) is 3.18. The summed E-state index contributed by atoms with van der Waals surface area (Å²) in [5.41, 5.74) is 2.59. The fraction of sp³-hybridized carbons (Fsp3) is 0.500. The lowest BCUT2D eigenvalue weighted by atomic mass is 9.98. The van der Waals surface area contributed by atoms with Crippen LogP contribution >= 0.6 is 11.6 Å². The molecular weight excluding hydrogens is 324 g/mol. The van der Waals surface area contributed by atoms with Gasteiger partial charge in [0.25, 0.3) is 0 Å². The van der Waals surface area contributed by atoms with E-state index in [9.17, 15) is 0 Å². The molecule has 2 aliphatic rings. The van der Waals surface area contributed by atoms with Crippen LogP contribution in [0.5, 0.6) is 5.88 Å². The van der Waals surface area contributed by atoms with Crippen LogP contribution in [-0.4, -0.2) is 34.6 Å².